The molecule has 3 unspecified atom stereocenters. The Hall–Kier alpha value is -1.02. The summed E-state index contributed by atoms with van der Waals surface area (Å²) in [6.07, 6.45) is 6.96. The van der Waals surface area contributed by atoms with E-state index in [1.54, 1.807) is 5.56 Å². The fourth-order valence-corrected chi connectivity index (χ4v) is 5.38. The Morgan fingerprint density at radius 2 is 1.76 bits per heavy atom. The molecule has 3 rings (SSSR count). The Morgan fingerprint density at radius 3 is 2.40 bits per heavy atom. The van der Waals surface area contributed by atoms with Crippen molar-refractivity contribution in [3.8, 4) is 0 Å². The third-order valence-electron chi connectivity index (χ3n) is 6.87. The highest BCUT2D eigenvalue weighted by atomic mass is 15.1. The van der Waals surface area contributed by atoms with Crippen molar-refractivity contribution in [1.29, 1.82) is 0 Å². The summed E-state index contributed by atoms with van der Waals surface area (Å²) in [4.78, 5) is 5.02. The van der Waals surface area contributed by atoms with Crippen LogP contribution >= 0.6 is 0 Å². The van der Waals surface area contributed by atoms with E-state index >= 15 is 0 Å². The van der Waals surface area contributed by atoms with Gasteiger partial charge in [0.15, 0.2) is 0 Å². The second-order valence-electron chi connectivity index (χ2n) is 9.02. The van der Waals surface area contributed by atoms with Crippen LogP contribution in [0.15, 0.2) is 18.2 Å². The number of hydrogen-bond acceptors (Lipinski definition) is 2. The summed E-state index contributed by atoms with van der Waals surface area (Å²) in [7, 11) is 4.31. The monoisotopic (exact) mass is 342 g/mol. The first kappa shape index (κ1) is 18.8. The minimum Gasteiger partial charge on any atom is -0.377 e. The Balaban J connectivity index is 1.56. The third-order valence-corrected chi connectivity index (χ3v) is 6.87. The quantitative estimate of drug-likeness (QED) is 0.715. The lowest BCUT2D eigenvalue weighted by molar-refractivity contribution is 0.164. The summed E-state index contributed by atoms with van der Waals surface area (Å²) in [5, 5.41) is 0. The van der Waals surface area contributed by atoms with Crippen molar-refractivity contribution in [3.05, 3.63) is 29.3 Å². The van der Waals surface area contributed by atoms with Crippen LogP contribution in [-0.2, 0) is 0 Å². The lowest BCUT2D eigenvalue weighted by Crippen LogP contribution is -2.37. The first-order valence-corrected chi connectivity index (χ1v) is 10.5. The van der Waals surface area contributed by atoms with E-state index in [0.717, 1.165) is 23.7 Å². The van der Waals surface area contributed by atoms with Gasteiger partial charge < -0.3 is 9.80 Å². The van der Waals surface area contributed by atoms with Crippen molar-refractivity contribution in [3.63, 3.8) is 0 Å². The molecule has 25 heavy (non-hydrogen) atoms. The van der Waals surface area contributed by atoms with Gasteiger partial charge in [-0.2, -0.15) is 0 Å². The Bertz CT molecular complexity index is 557. The van der Waals surface area contributed by atoms with Crippen molar-refractivity contribution in [2.24, 2.45) is 17.8 Å². The molecule has 0 spiro atoms. The molecule has 1 saturated carbocycles. The van der Waals surface area contributed by atoms with Crippen molar-refractivity contribution >= 4 is 5.69 Å². The lowest BCUT2D eigenvalue weighted by atomic mass is 9.87. The number of anilines is 1. The number of benzene rings is 1. The van der Waals surface area contributed by atoms with Gasteiger partial charge in [-0.3, -0.25) is 0 Å². The largest absolute Gasteiger partial charge is 0.377 e. The number of piperidine rings is 1. The fourth-order valence-electron chi connectivity index (χ4n) is 5.38. The number of rotatable bonds is 5. The number of nitrogens with zero attached hydrogens (tertiary/aromatic N) is 2. The minimum atomic E-state index is 0.750. The van der Waals surface area contributed by atoms with Crippen LogP contribution in [0.1, 0.15) is 63.0 Å². The lowest BCUT2D eigenvalue weighted by Gasteiger charge is -2.35. The summed E-state index contributed by atoms with van der Waals surface area (Å²) in [5.74, 6) is 3.63. The van der Waals surface area contributed by atoms with E-state index in [4.69, 9.17) is 0 Å². The zero-order chi connectivity index (χ0) is 18.0. The zero-order valence-electron chi connectivity index (χ0n) is 17.1. The number of likely N-dealkylation sites (tertiary alicyclic amines) is 1. The van der Waals surface area contributed by atoms with E-state index in [0.29, 0.717) is 0 Å². The molecule has 1 aromatic rings. The second-order valence-corrected chi connectivity index (χ2v) is 9.02. The topological polar surface area (TPSA) is 6.48 Å². The van der Waals surface area contributed by atoms with E-state index in [2.05, 4.69) is 62.9 Å². The molecule has 2 aliphatic rings. The highest BCUT2D eigenvalue weighted by Crippen LogP contribution is 2.39. The average Bonchev–Trinajstić information content (AvgIpc) is 2.95. The Morgan fingerprint density at radius 1 is 1.08 bits per heavy atom. The summed E-state index contributed by atoms with van der Waals surface area (Å²) in [6, 6.07) is 7.11. The summed E-state index contributed by atoms with van der Waals surface area (Å²) >= 11 is 0. The van der Waals surface area contributed by atoms with Gasteiger partial charge in [-0.05, 0) is 86.6 Å². The molecule has 2 nitrogen and oxygen atoms in total. The molecule has 0 bridgehead atoms. The van der Waals surface area contributed by atoms with Crippen LogP contribution in [0.3, 0.4) is 0 Å². The molecule has 2 fully saturated rings. The molecule has 0 amide bonds. The van der Waals surface area contributed by atoms with E-state index in [1.807, 2.05) is 0 Å². The van der Waals surface area contributed by atoms with Gasteiger partial charge in [0.25, 0.3) is 0 Å². The molecular formula is C23H38N2. The third kappa shape index (κ3) is 4.39. The number of aryl methyl sites for hydroxylation is 1. The molecule has 1 aromatic carbocycles. The van der Waals surface area contributed by atoms with Crippen LogP contribution < -0.4 is 4.90 Å². The fraction of sp³-hybridized carbons (Fsp3) is 0.739. The molecule has 1 aliphatic carbocycles. The molecule has 3 atom stereocenters. The van der Waals surface area contributed by atoms with Crippen LogP contribution in [0.2, 0.25) is 0 Å². The predicted molar refractivity (Wildman–Crippen MR) is 110 cm³/mol. The van der Waals surface area contributed by atoms with Gasteiger partial charge in [-0.1, -0.05) is 32.4 Å². The molecule has 0 radical (unpaired) electrons. The molecule has 1 heterocycles. The molecule has 1 aliphatic heterocycles. The summed E-state index contributed by atoms with van der Waals surface area (Å²) < 4.78 is 0. The van der Waals surface area contributed by atoms with Gasteiger partial charge >= 0.3 is 0 Å². The van der Waals surface area contributed by atoms with Gasteiger partial charge in [0.1, 0.15) is 0 Å². The van der Waals surface area contributed by atoms with E-state index in [-0.39, 0.29) is 0 Å². The maximum Gasteiger partial charge on any atom is 0.0393 e. The zero-order valence-corrected chi connectivity index (χ0v) is 17.1. The summed E-state index contributed by atoms with van der Waals surface area (Å²) in [5.41, 5.74) is 4.31. The van der Waals surface area contributed by atoms with Gasteiger partial charge in [-0.15, -0.1) is 0 Å². The van der Waals surface area contributed by atoms with E-state index in [9.17, 15) is 0 Å². The van der Waals surface area contributed by atoms with Crippen molar-refractivity contribution in [2.75, 3.05) is 38.6 Å². The van der Waals surface area contributed by atoms with Crippen molar-refractivity contribution < 1.29 is 0 Å². The van der Waals surface area contributed by atoms with Crippen LogP contribution in [0.4, 0.5) is 5.69 Å². The van der Waals surface area contributed by atoms with Gasteiger partial charge in [0.05, 0.1) is 0 Å². The first-order valence-electron chi connectivity index (χ1n) is 10.5. The van der Waals surface area contributed by atoms with Crippen LogP contribution in [0.25, 0.3) is 0 Å². The molecule has 0 N–H and O–H groups in total. The minimum absolute atomic E-state index is 0.750. The average molecular weight is 343 g/mol. The highest BCUT2D eigenvalue weighted by molar-refractivity contribution is 5.54. The van der Waals surface area contributed by atoms with Crippen LogP contribution in [-0.4, -0.2) is 38.6 Å². The van der Waals surface area contributed by atoms with Gasteiger partial charge in [0, 0.05) is 26.3 Å². The first-order chi connectivity index (χ1) is 12.0. The molecule has 140 valence electrons. The van der Waals surface area contributed by atoms with Crippen molar-refractivity contribution in [2.45, 2.75) is 58.8 Å². The summed E-state index contributed by atoms with van der Waals surface area (Å²) in [6.45, 7) is 11.0. The number of hydrogen-bond donors (Lipinski definition) is 0. The smallest absolute Gasteiger partial charge is 0.0393 e. The molecule has 1 saturated heterocycles. The standard InChI is InChI=1S/C23H38N2/c1-6-19-13-17(2)14-22(19)16-25-11-9-20(10-12-25)21-8-7-18(3)23(15-21)24(4)5/h7-8,15,17,19-20,22H,6,9-14,16H2,1-5H3. The molecule has 2 heteroatoms. The highest BCUT2D eigenvalue weighted by Gasteiger charge is 2.32. The Kier molecular flexibility index (Phi) is 6.09. The Labute approximate surface area is 155 Å². The molecular weight excluding hydrogens is 304 g/mol. The second kappa shape index (κ2) is 8.12. The normalized spacial score (nSPS) is 28.4. The van der Waals surface area contributed by atoms with Crippen LogP contribution in [0, 0.1) is 24.7 Å². The van der Waals surface area contributed by atoms with E-state index in [1.165, 1.54) is 63.0 Å². The van der Waals surface area contributed by atoms with Gasteiger partial charge in [0.2, 0.25) is 0 Å². The van der Waals surface area contributed by atoms with E-state index < -0.39 is 0 Å². The predicted octanol–water partition coefficient (Wildman–Crippen LogP) is 5.31. The maximum atomic E-state index is 2.77. The maximum absolute atomic E-state index is 2.77. The van der Waals surface area contributed by atoms with Crippen molar-refractivity contribution in [1.82, 2.24) is 4.90 Å². The van der Waals surface area contributed by atoms with Crippen LogP contribution in [0.5, 0.6) is 0 Å². The molecule has 0 aromatic heterocycles. The SMILES string of the molecule is CCC1CC(C)CC1CN1CCC(c2ccc(C)c(N(C)C)c2)CC1. The van der Waals surface area contributed by atoms with Gasteiger partial charge in [-0.25, -0.2) is 0 Å².